The minimum absolute atomic E-state index is 0. The first kappa shape index (κ1) is 74.5. The number of imidazole rings is 1. The minimum atomic E-state index is -3.67. The summed E-state index contributed by atoms with van der Waals surface area (Å²) in [7, 11) is 0.655. The van der Waals surface area contributed by atoms with Crippen molar-refractivity contribution in [3.63, 3.8) is 0 Å². The first-order valence-corrected chi connectivity index (χ1v) is 22.2. The van der Waals surface area contributed by atoms with Crippen molar-refractivity contribution >= 4 is 71.0 Å². The Kier molecular flexibility index (Phi) is 39.7. The fraction of sp³-hybridized carbons (Fsp3) is 0.354. The smallest absolute Gasteiger partial charge is 1.00 e. The van der Waals surface area contributed by atoms with Gasteiger partial charge in [0.2, 0.25) is 12.2 Å². The van der Waals surface area contributed by atoms with Crippen LogP contribution in [0.3, 0.4) is 0 Å². The Hall–Kier alpha value is -4.48. The number of ether oxygens (including phenoxy) is 2. The van der Waals surface area contributed by atoms with Gasteiger partial charge in [-0.05, 0) is 71.2 Å². The maximum absolute atomic E-state index is 11.5. The molecule has 380 valence electrons. The van der Waals surface area contributed by atoms with Gasteiger partial charge in [-0.1, -0.05) is 136 Å². The van der Waals surface area contributed by atoms with Gasteiger partial charge in [0.1, 0.15) is 5.82 Å². The third-order valence-electron chi connectivity index (χ3n) is 9.31. The molecule has 1 unspecified atom stereocenters. The Balaban J connectivity index is -0.000000225. The van der Waals surface area contributed by atoms with Crippen LogP contribution in [0.25, 0.3) is 17.1 Å². The van der Waals surface area contributed by atoms with E-state index >= 15 is 0 Å². The van der Waals surface area contributed by atoms with E-state index in [1.165, 1.54) is 48.7 Å². The molecule has 0 N–H and O–H groups in total. The molecule has 0 fully saturated rings. The summed E-state index contributed by atoms with van der Waals surface area (Å²) in [5, 5.41) is 7.32. The molecule has 6 rings (SSSR count). The second-order valence-corrected chi connectivity index (χ2v) is 17.3. The van der Waals surface area contributed by atoms with Gasteiger partial charge in [0.15, 0.2) is 0 Å². The van der Waals surface area contributed by atoms with Crippen molar-refractivity contribution in [3.05, 3.63) is 134 Å². The molecule has 0 aliphatic carbocycles. The first-order valence-electron chi connectivity index (χ1n) is 20.6. The SMILES string of the molecule is CC#N.CC(=O)OC1C[N+](c2c(C(C)C)cccc2C(C)C)=C(c2ccc(Br)cc2)O1.CC(C)c1cccc(C(C)C)c1-n1ccnc1-c1ccc(Br)cc1.F.F.F.F.FB(F)F.[B]OC(C)=O.[F-].[H-].[Na+]. The van der Waals surface area contributed by atoms with Gasteiger partial charge in [-0.25, -0.2) is 4.98 Å². The Bertz CT molecular complexity index is 2310. The van der Waals surface area contributed by atoms with Crippen LogP contribution < -0.4 is 34.3 Å². The summed E-state index contributed by atoms with van der Waals surface area (Å²) >= 11 is 6.99. The van der Waals surface area contributed by atoms with Crippen LogP contribution in [0.15, 0.2) is 106 Å². The number of hydrogen-bond donors (Lipinski definition) is 0. The van der Waals surface area contributed by atoms with Gasteiger partial charge in [-0.3, -0.25) is 45.9 Å². The van der Waals surface area contributed by atoms with Crippen molar-refractivity contribution in [2.24, 2.45) is 0 Å². The van der Waals surface area contributed by atoms with Gasteiger partial charge < -0.3 is 20.3 Å². The number of benzene rings is 4. The molecule has 1 aliphatic rings. The predicted molar refractivity (Wildman–Crippen MR) is 268 cm³/mol. The van der Waals surface area contributed by atoms with Crippen LogP contribution >= 0.6 is 31.9 Å². The van der Waals surface area contributed by atoms with Crippen molar-refractivity contribution in [2.75, 3.05) is 6.54 Å². The fourth-order valence-electron chi connectivity index (χ4n) is 6.62. The monoisotopic (exact) mass is 1130 g/mol. The second-order valence-electron chi connectivity index (χ2n) is 15.5. The molecule has 22 heteroatoms. The molecule has 9 nitrogen and oxygen atoms in total. The standard InChI is InChI=1S/C23H27BrNO3.C21H23BrN2.C2H3BO2.C2H3N.BF3.5FH.Na.H/c1-14(2)19-7-6-8-20(15(3)4)22(19)25-13-21(27-16(5)26)28-23(25)17-9-11-18(24)12-10-17;1-14(2)18-6-5-7-19(15(3)4)20(18)24-13-12-23-21(24)16-8-10-17(22)11-9-16;1-2(4)5-3;1-2-3;2-1(3)4;;;;;;;/h6-12,14-15,21H,13H2,1-5H3;5-15H,1-4H3;1H3;1H3;;5*1H;;/q+1;;;;;;;;;;+1;-1/p-1. The maximum atomic E-state index is 11.5. The number of hydrogen-bond acceptors (Lipinski definition) is 7. The number of para-hydroxylation sites is 2. The predicted octanol–water partition coefficient (Wildman–Crippen LogP) is 8.03. The molecule has 1 aromatic heterocycles. The van der Waals surface area contributed by atoms with Crippen LogP contribution in [0.2, 0.25) is 0 Å². The minimum Gasteiger partial charge on any atom is -1.00 e. The number of nitrogens with zero attached hydrogens (tertiary/aromatic N) is 4. The third kappa shape index (κ3) is 23.2. The van der Waals surface area contributed by atoms with Crippen LogP contribution in [0.4, 0.5) is 37.5 Å². The largest absolute Gasteiger partial charge is 1.00 e. The van der Waals surface area contributed by atoms with Crippen LogP contribution in [-0.4, -0.2) is 60.4 Å². The number of aromatic nitrogens is 2. The molecule has 1 aliphatic heterocycles. The average molecular weight is 1130 g/mol. The number of esters is 1. The number of halogens is 10. The van der Waals surface area contributed by atoms with Crippen LogP contribution in [-0.2, 0) is 23.7 Å². The summed E-state index contributed by atoms with van der Waals surface area (Å²) in [4.78, 5) is 25.7. The van der Waals surface area contributed by atoms with Gasteiger partial charge in [0, 0.05) is 58.8 Å². The number of carbonyl (C=O) groups is 2. The summed E-state index contributed by atoms with van der Waals surface area (Å²) in [5.41, 5.74) is 9.73. The zero-order valence-corrected chi connectivity index (χ0v) is 46.4. The molecule has 0 amide bonds. The van der Waals surface area contributed by atoms with E-state index in [0.29, 0.717) is 36.1 Å². The number of carbonyl (C=O) groups excluding carboxylic acids is 2. The molecule has 1 atom stereocenters. The fourth-order valence-corrected chi connectivity index (χ4v) is 7.15. The maximum Gasteiger partial charge on any atom is 1.00 e. The first-order chi connectivity index (χ1) is 30.2. The van der Waals surface area contributed by atoms with Gasteiger partial charge in [-0.2, -0.15) is 9.84 Å². The normalized spacial score (nSPS) is 11.6. The molecular weight excluding hydrogens is 1070 g/mol. The zero-order chi connectivity index (χ0) is 48.3. The molecule has 2 radical (unpaired) electrons. The summed E-state index contributed by atoms with van der Waals surface area (Å²) < 4.78 is 50.6. The van der Waals surface area contributed by atoms with E-state index in [9.17, 15) is 22.5 Å². The second kappa shape index (κ2) is 37.3. The summed E-state index contributed by atoms with van der Waals surface area (Å²) in [6, 6.07) is 31.2. The van der Waals surface area contributed by atoms with Crippen LogP contribution in [0.5, 0.6) is 0 Å². The topological polar surface area (TPSA) is 106 Å². The Labute approximate surface area is 448 Å². The summed E-state index contributed by atoms with van der Waals surface area (Å²) in [6.45, 7) is 22.3. The van der Waals surface area contributed by atoms with E-state index < -0.39 is 19.8 Å². The number of nitriles is 1. The van der Waals surface area contributed by atoms with Crippen molar-refractivity contribution in [1.82, 2.24) is 9.55 Å². The molecule has 4 aromatic carbocycles. The Morgan fingerprint density at radius 2 is 1.13 bits per heavy atom. The van der Waals surface area contributed by atoms with Crippen molar-refractivity contribution in [1.29, 1.82) is 5.26 Å². The quantitative estimate of drug-likeness (QED) is 0.0638. The molecule has 0 spiro atoms. The molecular formula is C48H61B2Br2F8N4NaO5. The zero-order valence-electron chi connectivity index (χ0n) is 42.2. The van der Waals surface area contributed by atoms with E-state index in [1.54, 1.807) is 6.07 Å². The van der Waals surface area contributed by atoms with Crippen molar-refractivity contribution in [3.8, 4) is 23.1 Å². The molecule has 0 saturated heterocycles. The van der Waals surface area contributed by atoms with Gasteiger partial charge in [0.05, 0.1) is 17.3 Å². The van der Waals surface area contributed by atoms with Crippen LogP contribution in [0, 0.1) is 11.3 Å². The molecule has 70 heavy (non-hydrogen) atoms. The third-order valence-corrected chi connectivity index (χ3v) is 10.4. The molecule has 0 bridgehead atoms. The van der Waals surface area contributed by atoms with E-state index in [0.717, 1.165) is 31.6 Å². The van der Waals surface area contributed by atoms with Crippen molar-refractivity contribution in [2.45, 2.75) is 106 Å². The Morgan fingerprint density at radius 3 is 1.47 bits per heavy atom. The van der Waals surface area contributed by atoms with E-state index in [2.05, 4.69) is 181 Å². The summed E-state index contributed by atoms with van der Waals surface area (Å²) in [6.07, 6.45) is 3.33. The molecule has 2 heterocycles. The Morgan fingerprint density at radius 1 is 0.771 bits per heavy atom. The molecule has 0 saturated carbocycles. The van der Waals surface area contributed by atoms with Gasteiger partial charge in [0.25, 0.3) is 5.97 Å². The van der Waals surface area contributed by atoms with Gasteiger partial charge in [-0.15, -0.1) is 0 Å². The van der Waals surface area contributed by atoms with E-state index in [-0.39, 0.29) is 60.5 Å². The van der Waals surface area contributed by atoms with E-state index in [4.69, 9.17) is 14.7 Å². The van der Waals surface area contributed by atoms with E-state index in [1.807, 2.05) is 30.5 Å². The number of rotatable bonds is 9. The van der Waals surface area contributed by atoms with Gasteiger partial charge >= 0.3 is 63.3 Å². The average Bonchev–Trinajstić information content (AvgIpc) is 3.89. The molecule has 5 aromatic rings. The summed E-state index contributed by atoms with van der Waals surface area (Å²) in [5.74, 6) is 2.51. The van der Waals surface area contributed by atoms with Crippen LogP contribution in [0.1, 0.15) is 129 Å². The van der Waals surface area contributed by atoms with Crippen molar-refractivity contribution < 1.29 is 95.7 Å².